The first-order valence-electron chi connectivity index (χ1n) is 4.19. The fourth-order valence-corrected chi connectivity index (χ4v) is 2.06. The molecule has 0 fully saturated rings. The Balaban J connectivity index is 2.37. The van der Waals surface area contributed by atoms with Gasteiger partial charge in [-0.25, -0.2) is 0 Å². The van der Waals surface area contributed by atoms with E-state index in [2.05, 4.69) is 0 Å². The number of phenolic OH excluding ortho intramolecular Hbond substituents is 1. The van der Waals surface area contributed by atoms with Crippen LogP contribution in [0.2, 0.25) is 0 Å². The first kappa shape index (κ1) is 9.67. The van der Waals surface area contributed by atoms with Gasteiger partial charge in [0.15, 0.2) is 0 Å². The number of hydrogen-bond donors (Lipinski definition) is 1. The molecule has 2 aromatic rings. The second-order valence-electron chi connectivity index (χ2n) is 2.97. The van der Waals surface area contributed by atoms with E-state index in [0.29, 0.717) is 0 Å². The first-order valence-corrected chi connectivity index (χ1v) is 5.07. The predicted molar refractivity (Wildman–Crippen MR) is 58.1 cm³/mol. The lowest BCUT2D eigenvalue weighted by Crippen LogP contribution is -1.82. The van der Waals surface area contributed by atoms with Crippen molar-refractivity contribution in [2.24, 2.45) is 0 Å². The molecule has 1 N–H and O–H groups in total. The summed E-state index contributed by atoms with van der Waals surface area (Å²) in [4.78, 5) is 10.9. The Kier molecular flexibility index (Phi) is 2.39. The van der Waals surface area contributed by atoms with Gasteiger partial charge in [0, 0.05) is 10.9 Å². The SMILES string of the molecule is O=[N+]([O-])c1csc(-c2ccc(O)cc2)c1. The molecule has 0 aliphatic heterocycles. The van der Waals surface area contributed by atoms with Crippen LogP contribution in [0.15, 0.2) is 35.7 Å². The molecule has 0 radical (unpaired) electrons. The number of benzene rings is 1. The lowest BCUT2D eigenvalue weighted by atomic mass is 10.2. The monoisotopic (exact) mass is 221 g/mol. The van der Waals surface area contributed by atoms with Crippen molar-refractivity contribution < 1.29 is 10.0 Å². The summed E-state index contributed by atoms with van der Waals surface area (Å²) in [5.74, 6) is 0.185. The molecule has 0 saturated carbocycles. The van der Waals surface area contributed by atoms with Crippen LogP contribution in [0.25, 0.3) is 10.4 Å². The summed E-state index contributed by atoms with van der Waals surface area (Å²) in [6.07, 6.45) is 0. The van der Waals surface area contributed by atoms with Gasteiger partial charge in [-0.1, -0.05) is 0 Å². The summed E-state index contributed by atoms with van der Waals surface area (Å²) in [5.41, 5.74) is 0.967. The molecule has 1 aromatic carbocycles. The molecule has 4 nitrogen and oxygen atoms in total. The molecule has 0 spiro atoms. The highest BCUT2D eigenvalue weighted by Gasteiger charge is 2.10. The maximum atomic E-state index is 10.5. The number of phenols is 1. The first-order chi connectivity index (χ1) is 7.16. The van der Waals surface area contributed by atoms with Gasteiger partial charge in [0.1, 0.15) is 5.75 Å². The lowest BCUT2D eigenvalue weighted by Gasteiger charge is -1.95. The maximum Gasteiger partial charge on any atom is 0.280 e. The summed E-state index contributed by atoms with van der Waals surface area (Å²) < 4.78 is 0. The van der Waals surface area contributed by atoms with Crippen molar-refractivity contribution >= 4 is 17.0 Å². The highest BCUT2D eigenvalue weighted by Crippen LogP contribution is 2.31. The molecule has 76 valence electrons. The van der Waals surface area contributed by atoms with Crippen LogP contribution >= 0.6 is 11.3 Å². The molecule has 1 heterocycles. The third-order valence-electron chi connectivity index (χ3n) is 1.95. The van der Waals surface area contributed by atoms with E-state index in [9.17, 15) is 10.1 Å². The quantitative estimate of drug-likeness (QED) is 0.626. The van der Waals surface area contributed by atoms with Crippen LogP contribution in [-0.2, 0) is 0 Å². The van der Waals surface area contributed by atoms with Crippen molar-refractivity contribution in [1.82, 2.24) is 0 Å². The van der Waals surface area contributed by atoms with Crippen LogP contribution in [0.4, 0.5) is 5.69 Å². The third kappa shape index (κ3) is 1.97. The van der Waals surface area contributed by atoms with Gasteiger partial charge in [0.25, 0.3) is 5.69 Å². The van der Waals surface area contributed by atoms with Gasteiger partial charge in [-0.15, -0.1) is 11.3 Å². The van der Waals surface area contributed by atoms with Gasteiger partial charge >= 0.3 is 0 Å². The molecule has 0 unspecified atom stereocenters. The van der Waals surface area contributed by atoms with Gasteiger partial charge in [0.05, 0.1) is 10.3 Å². The largest absolute Gasteiger partial charge is 0.508 e. The molecule has 15 heavy (non-hydrogen) atoms. The number of nitro groups is 1. The molecule has 0 amide bonds. The minimum Gasteiger partial charge on any atom is -0.508 e. The van der Waals surface area contributed by atoms with E-state index in [4.69, 9.17) is 5.11 Å². The van der Waals surface area contributed by atoms with E-state index in [-0.39, 0.29) is 11.4 Å². The fraction of sp³-hybridized carbons (Fsp3) is 0. The Hall–Kier alpha value is -1.88. The summed E-state index contributed by atoms with van der Waals surface area (Å²) >= 11 is 1.31. The summed E-state index contributed by atoms with van der Waals surface area (Å²) in [6, 6.07) is 8.09. The molecule has 1 aromatic heterocycles. The zero-order valence-corrected chi connectivity index (χ0v) is 8.40. The average Bonchev–Trinajstić information content (AvgIpc) is 2.68. The van der Waals surface area contributed by atoms with Crippen molar-refractivity contribution in [3.05, 3.63) is 45.8 Å². The normalized spacial score (nSPS) is 10.1. The van der Waals surface area contributed by atoms with E-state index in [0.717, 1.165) is 10.4 Å². The number of thiophene rings is 1. The van der Waals surface area contributed by atoms with Crippen molar-refractivity contribution in [2.75, 3.05) is 0 Å². The second-order valence-corrected chi connectivity index (χ2v) is 3.88. The predicted octanol–water partition coefficient (Wildman–Crippen LogP) is 3.03. The second kappa shape index (κ2) is 3.70. The Morgan fingerprint density at radius 2 is 1.93 bits per heavy atom. The van der Waals surface area contributed by atoms with Gasteiger partial charge in [-0.2, -0.15) is 0 Å². The number of nitrogens with zero attached hydrogens (tertiary/aromatic N) is 1. The maximum absolute atomic E-state index is 10.5. The van der Waals surface area contributed by atoms with Crippen LogP contribution in [0.3, 0.4) is 0 Å². The number of rotatable bonds is 2. The molecule has 2 rings (SSSR count). The molecular weight excluding hydrogens is 214 g/mol. The number of hydrogen-bond acceptors (Lipinski definition) is 4. The van der Waals surface area contributed by atoms with Gasteiger partial charge < -0.3 is 5.11 Å². The topological polar surface area (TPSA) is 63.4 Å². The molecule has 5 heteroatoms. The summed E-state index contributed by atoms with van der Waals surface area (Å²) in [6.45, 7) is 0. The van der Waals surface area contributed by atoms with Crippen molar-refractivity contribution in [3.8, 4) is 16.2 Å². The number of aromatic hydroxyl groups is 1. The zero-order valence-electron chi connectivity index (χ0n) is 7.58. The highest BCUT2D eigenvalue weighted by molar-refractivity contribution is 7.14. The Bertz CT molecular complexity index is 490. The highest BCUT2D eigenvalue weighted by atomic mass is 32.1. The zero-order chi connectivity index (χ0) is 10.8. The van der Waals surface area contributed by atoms with Crippen molar-refractivity contribution in [2.45, 2.75) is 0 Å². The molecule has 0 atom stereocenters. The minimum absolute atomic E-state index is 0.100. The van der Waals surface area contributed by atoms with Crippen molar-refractivity contribution in [1.29, 1.82) is 0 Å². The van der Waals surface area contributed by atoms with Crippen LogP contribution in [-0.4, -0.2) is 10.0 Å². The fourth-order valence-electron chi connectivity index (χ4n) is 1.20. The van der Waals surface area contributed by atoms with E-state index in [1.807, 2.05) is 0 Å². The third-order valence-corrected chi connectivity index (χ3v) is 2.92. The summed E-state index contributed by atoms with van der Waals surface area (Å²) in [5, 5.41) is 21.1. The Labute approximate surface area is 89.6 Å². The molecule has 0 aliphatic rings. The van der Waals surface area contributed by atoms with E-state index in [1.165, 1.54) is 22.8 Å². The molecular formula is C10H7NO3S. The summed E-state index contributed by atoms with van der Waals surface area (Å²) in [7, 11) is 0. The Morgan fingerprint density at radius 1 is 1.27 bits per heavy atom. The van der Waals surface area contributed by atoms with Crippen LogP contribution in [0, 0.1) is 10.1 Å². The standard InChI is InChI=1S/C10H7NO3S/c12-9-3-1-7(2-4-9)10-5-8(6-15-10)11(13)14/h1-6,12H. The van der Waals surface area contributed by atoms with E-state index >= 15 is 0 Å². The van der Waals surface area contributed by atoms with Crippen LogP contribution < -0.4 is 0 Å². The molecule has 0 saturated heterocycles. The Morgan fingerprint density at radius 3 is 2.47 bits per heavy atom. The van der Waals surface area contributed by atoms with Gasteiger partial charge in [-0.3, -0.25) is 10.1 Å². The molecule has 0 bridgehead atoms. The lowest BCUT2D eigenvalue weighted by molar-refractivity contribution is -0.384. The van der Waals surface area contributed by atoms with E-state index < -0.39 is 4.92 Å². The minimum atomic E-state index is -0.416. The van der Waals surface area contributed by atoms with Crippen LogP contribution in [0.5, 0.6) is 5.75 Å². The van der Waals surface area contributed by atoms with Gasteiger partial charge in [0.2, 0.25) is 0 Å². The van der Waals surface area contributed by atoms with E-state index in [1.54, 1.807) is 24.3 Å². The average molecular weight is 221 g/mol. The van der Waals surface area contributed by atoms with Gasteiger partial charge in [-0.05, 0) is 29.8 Å². The smallest absolute Gasteiger partial charge is 0.280 e. The van der Waals surface area contributed by atoms with Crippen molar-refractivity contribution in [3.63, 3.8) is 0 Å². The molecule has 0 aliphatic carbocycles. The van der Waals surface area contributed by atoms with Crippen LogP contribution in [0.1, 0.15) is 0 Å².